The predicted octanol–water partition coefficient (Wildman–Crippen LogP) is 4.36. The summed E-state index contributed by atoms with van der Waals surface area (Å²) in [5.74, 6) is -4.81. The van der Waals surface area contributed by atoms with Gasteiger partial charge in [0.1, 0.15) is 17.2 Å². The third-order valence-corrected chi connectivity index (χ3v) is 6.13. The van der Waals surface area contributed by atoms with Crippen molar-refractivity contribution in [1.82, 2.24) is 24.1 Å². The molecule has 0 N–H and O–H groups in total. The zero-order chi connectivity index (χ0) is 23.6. The molecule has 4 aromatic rings. The lowest BCUT2D eigenvalue weighted by molar-refractivity contribution is 0.0665. The average Bonchev–Trinajstić information content (AvgIpc) is 3.27. The van der Waals surface area contributed by atoms with Crippen LogP contribution in [0.25, 0.3) is 16.9 Å². The summed E-state index contributed by atoms with van der Waals surface area (Å²) in [5.41, 5.74) is 3.13. The minimum Gasteiger partial charge on any atom is -0.329 e. The first kappa shape index (κ1) is 21.2. The molecule has 5 rings (SSSR count). The van der Waals surface area contributed by atoms with Crippen molar-refractivity contribution < 1.29 is 22.4 Å². The van der Waals surface area contributed by atoms with Crippen LogP contribution in [0.15, 0.2) is 30.5 Å². The number of carbonyl (C=O) groups excluding carboxylic acids is 1. The molecule has 10 heteroatoms. The predicted molar refractivity (Wildman–Crippen MR) is 112 cm³/mol. The van der Waals surface area contributed by atoms with Crippen LogP contribution in [-0.4, -0.2) is 36.5 Å². The van der Waals surface area contributed by atoms with Crippen molar-refractivity contribution in [2.24, 2.45) is 7.05 Å². The van der Waals surface area contributed by atoms with Crippen LogP contribution in [0.5, 0.6) is 0 Å². The Bertz CT molecular complexity index is 1420. The van der Waals surface area contributed by atoms with E-state index < -0.39 is 29.3 Å². The molecule has 1 aromatic carbocycles. The number of pyridine rings is 1. The molecule has 1 aliphatic heterocycles. The summed E-state index contributed by atoms with van der Waals surface area (Å²) < 4.78 is 57.8. The van der Waals surface area contributed by atoms with Gasteiger partial charge in [-0.15, -0.1) is 0 Å². The molecule has 170 valence electrons. The molecule has 1 aliphatic rings. The first-order valence-electron chi connectivity index (χ1n) is 10.3. The highest BCUT2D eigenvalue weighted by Gasteiger charge is 2.35. The van der Waals surface area contributed by atoms with Crippen LogP contribution in [0.2, 0.25) is 0 Å². The topological polar surface area (TPSA) is 55.4 Å². The standard InChI is InChI=1S/C23H19F4N5O/c1-11-21(32-6-4-14(24)10-18(32)28-11)23(33)31-7-5-15-20(12(31)2)29-30(3)22(15)13-8-16(25)19(27)17(26)9-13/h4,6,8-10,12H,5,7H2,1-3H3/t12-/m0/s1. The van der Waals surface area contributed by atoms with Crippen molar-refractivity contribution in [1.29, 1.82) is 0 Å². The van der Waals surface area contributed by atoms with Crippen molar-refractivity contribution >= 4 is 11.6 Å². The van der Waals surface area contributed by atoms with Crippen molar-refractivity contribution in [3.05, 3.63) is 76.4 Å². The van der Waals surface area contributed by atoms with Gasteiger partial charge in [-0.3, -0.25) is 13.9 Å². The number of amides is 1. The zero-order valence-electron chi connectivity index (χ0n) is 18.0. The van der Waals surface area contributed by atoms with Gasteiger partial charge in [-0.1, -0.05) is 0 Å². The van der Waals surface area contributed by atoms with Crippen LogP contribution in [0.3, 0.4) is 0 Å². The molecule has 0 spiro atoms. The van der Waals surface area contributed by atoms with Crippen LogP contribution >= 0.6 is 0 Å². The van der Waals surface area contributed by atoms with Gasteiger partial charge in [0.15, 0.2) is 17.5 Å². The Morgan fingerprint density at radius 2 is 1.82 bits per heavy atom. The van der Waals surface area contributed by atoms with Gasteiger partial charge in [-0.2, -0.15) is 5.10 Å². The maximum Gasteiger partial charge on any atom is 0.273 e. The Morgan fingerprint density at radius 3 is 2.52 bits per heavy atom. The highest BCUT2D eigenvalue weighted by Crippen LogP contribution is 2.37. The van der Waals surface area contributed by atoms with Gasteiger partial charge in [0, 0.05) is 37.0 Å². The minimum absolute atomic E-state index is 0.175. The van der Waals surface area contributed by atoms with E-state index in [1.807, 2.05) is 6.92 Å². The second kappa shape index (κ2) is 7.43. The lowest BCUT2D eigenvalue weighted by Gasteiger charge is -2.33. The monoisotopic (exact) mass is 457 g/mol. The number of benzene rings is 1. The third kappa shape index (κ3) is 3.20. The second-order valence-electron chi connectivity index (χ2n) is 8.13. The summed E-state index contributed by atoms with van der Waals surface area (Å²) in [6, 6.07) is 3.96. The van der Waals surface area contributed by atoms with Gasteiger partial charge in [0.05, 0.1) is 23.1 Å². The summed E-state index contributed by atoms with van der Waals surface area (Å²) in [6.45, 7) is 3.83. The number of aromatic nitrogens is 4. The number of carbonyl (C=O) groups is 1. The molecular weight excluding hydrogens is 438 g/mol. The molecule has 33 heavy (non-hydrogen) atoms. The van der Waals surface area contributed by atoms with Gasteiger partial charge in [0.25, 0.3) is 5.91 Å². The largest absolute Gasteiger partial charge is 0.329 e. The van der Waals surface area contributed by atoms with Crippen molar-refractivity contribution in [2.45, 2.75) is 26.3 Å². The van der Waals surface area contributed by atoms with Crippen LogP contribution in [-0.2, 0) is 13.5 Å². The second-order valence-corrected chi connectivity index (χ2v) is 8.13. The smallest absolute Gasteiger partial charge is 0.273 e. The average molecular weight is 457 g/mol. The number of nitrogens with zero attached hydrogens (tertiary/aromatic N) is 5. The number of rotatable bonds is 2. The number of aryl methyl sites for hydroxylation is 2. The number of imidazole rings is 1. The van der Waals surface area contributed by atoms with Crippen molar-refractivity contribution in [2.75, 3.05) is 6.54 Å². The van der Waals surface area contributed by atoms with E-state index in [1.54, 1.807) is 23.3 Å². The molecule has 3 aromatic heterocycles. The minimum atomic E-state index is -1.52. The molecule has 6 nitrogen and oxygen atoms in total. The molecule has 0 aliphatic carbocycles. The Morgan fingerprint density at radius 1 is 1.12 bits per heavy atom. The number of halogens is 4. The van der Waals surface area contributed by atoms with Crippen LogP contribution < -0.4 is 0 Å². The van der Waals surface area contributed by atoms with Gasteiger partial charge in [-0.25, -0.2) is 22.5 Å². The van der Waals surface area contributed by atoms with Gasteiger partial charge in [0.2, 0.25) is 0 Å². The molecule has 1 atom stereocenters. The number of hydrogen-bond acceptors (Lipinski definition) is 3. The van der Waals surface area contributed by atoms with E-state index in [0.717, 1.165) is 17.7 Å². The molecule has 0 saturated carbocycles. The lowest BCUT2D eigenvalue weighted by Crippen LogP contribution is -2.39. The Hall–Kier alpha value is -3.69. The quantitative estimate of drug-likeness (QED) is 0.332. The molecule has 0 fully saturated rings. The highest BCUT2D eigenvalue weighted by molar-refractivity contribution is 5.95. The molecular formula is C23H19F4N5O. The zero-order valence-corrected chi connectivity index (χ0v) is 18.0. The number of hydrogen-bond donors (Lipinski definition) is 0. The fourth-order valence-electron chi connectivity index (χ4n) is 4.61. The van der Waals surface area contributed by atoms with Crippen LogP contribution in [0.1, 0.15) is 40.4 Å². The van der Waals surface area contributed by atoms with E-state index in [0.29, 0.717) is 41.4 Å². The Labute approximate surface area is 186 Å². The fourth-order valence-corrected chi connectivity index (χ4v) is 4.61. The molecule has 0 unspecified atom stereocenters. The molecule has 0 bridgehead atoms. The van der Waals surface area contributed by atoms with E-state index >= 15 is 0 Å². The SMILES string of the molecule is Cc1nc2cc(F)ccn2c1C(=O)N1CCc2c(nn(C)c2-c2cc(F)c(F)c(F)c2)[C@@H]1C. The van der Waals surface area contributed by atoms with Crippen molar-refractivity contribution in [3.63, 3.8) is 0 Å². The van der Waals surface area contributed by atoms with Crippen molar-refractivity contribution in [3.8, 4) is 11.3 Å². The van der Waals surface area contributed by atoms with E-state index in [-0.39, 0.29) is 11.5 Å². The van der Waals surface area contributed by atoms with Gasteiger partial charge < -0.3 is 4.90 Å². The molecule has 0 radical (unpaired) electrons. The molecule has 1 amide bonds. The lowest BCUT2D eigenvalue weighted by atomic mass is 9.95. The first-order chi connectivity index (χ1) is 15.7. The summed E-state index contributed by atoms with van der Waals surface area (Å²) >= 11 is 0. The maximum atomic E-state index is 13.9. The maximum absolute atomic E-state index is 13.9. The Balaban J connectivity index is 1.54. The highest BCUT2D eigenvalue weighted by atomic mass is 19.2. The summed E-state index contributed by atoms with van der Waals surface area (Å²) in [5, 5.41) is 4.51. The van der Waals surface area contributed by atoms with Crippen LogP contribution in [0.4, 0.5) is 17.6 Å². The fraction of sp³-hybridized carbons (Fsp3) is 0.261. The summed E-state index contributed by atoms with van der Waals surface area (Å²) in [6.07, 6.45) is 1.86. The molecule has 4 heterocycles. The summed E-state index contributed by atoms with van der Waals surface area (Å²) in [7, 11) is 1.63. The van der Waals surface area contributed by atoms with E-state index in [2.05, 4.69) is 10.1 Å². The Kier molecular flexibility index (Phi) is 4.77. The summed E-state index contributed by atoms with van der Waals surface area (Å²) in [4.78, 5) is 19.4. The molecule has 0 saturated heterocycles. The van der Waals surface area contributed by atoms with Gasteiger partial charge in [-0.05, 0) is 38.5 Å². The van der Waals surface area contributed by atoms with E-state index in [9.17, 15) is 22.4 Å². The third-order valence-electron chi connectivity index (χ3n) is 6.13. The first-order valence-corrected chi connectivity index (χ1v) is 10.3. The normalized spacial score (nSPS) is 15.8. The van der Waals surface area contributed by atoms with E-state index in [4.69, 9.17) is 0 Å². The number of fused-ring (bicyclic) bond motifs is 2. The van der Waals surface area contributed by atoms with Gasteiger partial charge >= 0.3 is 0 Å². The van der Waals surface area contributed by atoms with Crippen LogP contribution in [0, 0.1) is 30.2 Å². The van der Waals surface area contributed by atoms with E-state index in [1.165, 1.54) is 23.0 Å².